The van der Waals surface area contributed by atoms with Gasteiger partial charge in [-0.3, -0.25) is 9.59 Å². The van der Waals surface area contributed by atoms with Crippen molar-refractivity contribution in [2.24, 2.45) is 5.41 Å². The maximum absolute atomic E-state index is 12.4. The Balaban J connectivity index is 2.06. The third-order valence-corrected chi connectivity index (χ3v) is 3.75. The average molecular weight is 291 g/mol. The number of aliphatic carboxylic acids is 1. The second-order valence-electron chi connectivity index (χ2n) is 6.03. The van der Waals surface area contributed by atoms with Gasteiger partial charge in [0.05, 0.1) is 11.5 Å². The number of amides is 1. The van der Waals surface area contributed by atoms with Crippen LogP contribution in [-0.2, 0) is 4.79 Å². The van der Waals surface area contributed by atoms with Crippen molar-refractivity contribution in [1.82, 2.24) is 4.90 Å². The third-order valence-electron chi connectivity index (χ3n) is 3.75. The number of ether oxygens (including phenoxy) is 1. The van der Waals surface area contributed by atoms with Crippen molar-refractivity contribution in [3.05, 3.63) is 29.8 Å². The summed E-state index contributed by atoms with van der Waals surface area (Å²) in [4.78, 5) is 25.2. The van der Waals surface area contributed by atoms with Gasteiger partial charge in [0, 0.05) is 18.7 Å². The summed E-state index contributed by atoms with van der Waals surface area (Å²) in [5, 5.41) is 9.21. The number of carboxylic acid groups (broad SMARTS) is 1. The second-order valence-corrected chi connectivity index (χ2v) is 6.03. The van der Waals surface area contributed by atoms with Crippen LogP contribution in [0.25, 0.3) is 0 Å². The van der Waals surface area contributed by atoms with Gasteiger partial charge in [0.1, 0.15) is 5.75 Å². The molecule has 1 atom stereocenters. The molecular formula is C16H21NO4. The predicted octanol–water partition coefficient (Wildman–Crippen LogP) is 2.41. The molecule has 5 nitrogen and oxygen atoms in total. The van der Waals surface area contributed by atoms with Gasteiger partial charge in [-0.15, -0.1) is 0 Å². The Kier molecular flexibility index (Phi) is 4.21. The van der Waals surface area contributed by atoms with Crippen molar-refractivity contribution in [1.29, 1.82) is 0 Å². The van der Waals surface area contributed by atoms with Gasteiger partial charge in [-0.2, -0.15) is 0 Å². The lowest BCUT2D eigenvalue weighted by atomic mass is 9.90. The van der Waals surface area contributed by atoms with Crippen LogP contribution in [0.4, 0.5) is 0 Å². The molecule has 1 N–H and O–H groups in total. The Morgan fingerprint density at radius 1 is 1.29 bits per heavy atom. The van der Waals surface area contributed by atoms with Crippen LogP contribution in [0.2, 0.25) is 0 Å². The van der Waals surface area contributed by atoms with E-state index < -0.39 is 11.4 Å². The molecule has 1 aliphatic heterocycles. The molecule has 0 saturated carbocycles. The Morgan fingerprint density at radius 3 is 2.38 bits per heavy atom. The standard InChI is InChI=1S/C16H21NO4/c1-11(2)21-13-6-4-12(5-7-13)14(18)17-9-8-16(3,10-17)15(19)20/h4-7,11H,8-10H2,1-3H3,(H,19,20). The van der Waals surface area contributed by atoms with E-state index in [-0.39, 0.29) is 18.6 Å². The first kappa shape index (κ1) is 15.4. The van der Waals surface area contributed by atoms with E-state index in [2.05, 4.69) is 0 Å². The fraction of sp³-hybridized carbons (Fsp3) is 0.500. The maximum atomic E-state index is 12.4. The van der Waals surface area contributed by atoms with E-state index in [0.717, 1.165) is 5.75 Å². The fourth-order valence-electron chi connectivity index (χ4n) is 2.44. The molecule has 5 heteroatoms. The quantitative estimate of drug-likeness (QED) is 0.925. The van der Waals surface area contributed by atoms with Gasteiger partial charge in [0.15, 0.2) is 0 Å². The largest absolute Gasteiger partial charge is 0.491 e. The molecule has 1 aliphatic rings. The molecule has 114 valence electrons. The highest BCUT2D eigenvalue weighted by molar-refractivity contribution is 5.95. The smallest absolute Gasteiger partial charge is 0.311 e. The van der Waals surface area contributed by atoms with E-state index >= 15 is 0 Å². The number of nitrogens with zero attached hydrogens (tertiary/aromatic N) is 1. The zero-order valence-electron chi connectivity index (χ0n) is 12.6. The van der Waals surface area contributed by atoms with E-state index in [0.29, 0.717) is 18.5 Å². The number of hydrogen-bond acceptors (Lipinski definition) is 3. The van der Waals surface area contributed by atoms with E-state index in [1.807, 2.05) is 13.8 Å². The summed E-state index contributed by atoms with van der Waals surface area (Å²) in [5.41, 5.74) is -0.281. The van der Waals surface area contributed by atoms with Crippen LogP contribution in [0.3, 0.4) is 0 Å². The van der Waals surface area contributed by atoms with Crippen molar-refractivity contribution in [3.8, 4) is 5.75 Å². The predicted molar refractivity (Wildman–Crippen MR) is 78.5 cm³/mol. The summed E-state index contributed by atoms with van der Waals surface area (Å²) >= 11 is 0. The van der Waals surface area contributed by atoms with Gasteiger partial charge in [-0.1, -0.05) is 0 Å². The SMILES string of the molecule is CC(C)Oc1ccc(C(=O)N2CCC(C)(C(=O)O)C2)cc1. The lowest BCUT2D eigenvalue weighted by Crippen LogP contribution is -2.34. The van der Waals surface area contributed by atoms with E-state index in [1.165, 1.54) is 0 Å². The van der Waals surface area contributed by atoms with Gasteiger partial charge >= 0.3 is 5.97 Å². The lowest BCUT2D eigenvalue weighted by Gasteiger charge is -2.20. The van der Waals surface area contributed by atoms with Crippen molar-refractivity contribution in [3.63, 3.8) is 0 Å². The summed E-state index contributed by atoms with van der Waals surface area (Å²) in [5.74, 6) is -0.257. The zero-order chi connectivity index (χ0) is 15.6. The Bertz CT molecular complexity index is 538. The summed E-state index contributed by atoms with van der Waals surface area (Å²) in [6.07, 6.45) is 0.573. The minimum atomic E-state index is -0.849. The molecule has 1 aromatic rings. The molecule has 0 aromatic heterocycles. The number of likely N-dealkylation sites (tertiary alicyclic amines) is 1. The number of carbonyl (C=O) groups excluding carboxylic acids is 1. The van der Waals surface area contributed by atoms with Crippen LogP contribution in [0.1, 0.15) is 37.6 Å². The summed E-state index contributed by atoms with van der Waals surface area (Å²) in [6.45, 7) is 6.30. The van der Waals surface area contributed by atoms with Crippen LogP contribution >= 0.6 is 0 Å². The average Bonchev–Trinajstić information content (AvgIpc) is 2.82. The molecule has 0 bridgehead atoms. The van der Waals surface area contributed by atoms with Crippen LogP contribution in [0, 0.1) is 5.41 Å². The van der Waals surface area contributed by atoms with Gasteiger partial charge in [-0.05, 0) is 51.5 Å². The van der Waals surface area contributed by atoms with Gasteiger partial charge in [0.25, 0.3) is 5.91 Å². The molecule has 1 amide bonds. The van der Waals surface area contributed by atoms with Crippen molar-refractivity contribution >= 4 is 11.9 Å². The van der Waals surface area contributed by atoms with Gasteiger partial charge in [-0.25, -0.2) is 0 Å². The lowest BCUT2D eigenvalue weighted by molar-refractivity contribution is -0.147. The van der Waals surface area contributed by atoms with Crippen molar-refractivity contribution < 1.29 is 19.4 Å². The summed E-state index contributed by atoms with van der Waals surface area (Å²) in [6, 6.07) is 6.96. The molecule has 1 fully saturated rings. The molecule has 1 heterocycles. The van der Waals surface area contributed by atoms with Crippen LogP contribution in [0.15, 0.2) is 24.3 Å². The monoisotopic (exact) mass is 291 g/mol. The normalized spacial score (nSPS) is 21.6. The first-order valence-electron chi connectivity index (χ1n) is 7.11. The molecule has 1 saturated heterocycles. The fourth-order valence-corrected chi connectivity index (χ4v) is 2.44. The van der Waals surface area contributed by atoms with Crippen LogP contribution in [-0.4, -0.2) is 41.1 Å². The molecule has 0 spiro atoms. The summed E-state index contributed by atoms with van der Waals surface area (Å²) < 4.78 is 5.54. The van der Waals surface area contributed by atoms with Gasteiger partial charge in [0.2, 0.25) is 0 Å². The van der Waals surface area contributed by atoms with E-state index in [1.54, 1.807) is 36.1 Å². The highest BCUT2D eigenvalue weighted by Gasteiger charge is 2.42. The molecule has 0 aliphatic carbocycles. The second kappa shape index (κ2) is 5.76. The number of benzene rings is 1. The summed E-state index contributed by atoms with van der Waals surface area (Å²) in [7, 11) is 0. The Morgan fingerprint density at radius 2 is 1.90 bits per heavy atom. The number of carbonyl (C=O) groups is 2. The Labute approximate surface area is 124 Å². The maximum Gasteiger partial charge on any atom is 0.311 e. The molecule has 21 heavy (non-hydrogen) atoms. The molecule has 1 aromatic carbocycles. The first-order valence-corrected chi connectivity index (χ1v) is 7.11. The van der Waals surface area contributed by atoms with E-state index in [9.17, 15) is 14.7 Å². The van der Waals surface area contributed by atoms with Crippen LogP contribution in [0.5, 0.6) is 5.75 Å². The first-order chi connectivity index (χ1) is 9.82. The molecule has 2 rings (SSSR count). The molecule has 1 unspecified atom stereocenters. The van der Waals surface area contributed by atoms with E-state index in [4.69, 9.17) is 4.74 Å². The van der Waals surface area contributed by atoms with Crippen molar-refractivity contribution in [2.75, 3.05) is 13.1 Å². The third kappa shape index (κ3) is 3.35. The minimum Gasteiger partial charge on any atom is -0.491 e. The van der Waals surface area contributed by atoms with Gasteiger partial charge < -0.3 is 14.7 Å². The van der Waals surface area contributed by atoms with Crippen LogP contribution < -0.4 is 4.74 Å². The number of rotatable bonds is 4. The minimum absolute atomic E-state index is 0.0846. The number of carboxylic acids is 1. The highest BCUT2D eigenvalue weighted by Crippen LogP contribution is 2.31. The zero-order valence-corrected chi connectivity index (χ0v) is 12.6. The topological polar surface area (TPSA) is 66.8 Å². The highest BCUT2D eigenvalue weighted by atomic mass is 16.5. The van der Waals surface area contributed by atoms with Crippen molar-refractivity contribution in [2.45, 2.75) is 33.3 Å². The molecule has 0 radical (unpaired) electrons. The number of hydrogen-bond donors (Lipinski definition) is 1. The molecular weight excluding hydrogens is 270 g/mol. The Hall–Kier alpha value is -2.04.